The Kier molecular flexibility index (Phi) is 3.70. The van der Waals surface area contributed by atoms with Gasteiger partial charge in [0, 0.05) is 11.6 Å². The van der Waals surface area contributed by atoms with Gasteiger partial charge in [-0.1, -0.05) is 0 Å². The molecule has 2 heterocycles. The van der Waals surface area contributed by atoms with E-state index >= 15 is 0 Å². The third-order valence-corrected chi connectivity index (χ3v) is 4.30. The molecule has 0 radical (unpaired) electrons. The molecular weight excluding hydrogens is 238 g/mol. The van der Waals surface area contributed by atoms with E-state index in [0.29, 0.717) is 12.8 Å². The molecule has 6 nitrogen and oxygen atoms in total. The van der Waals surface area contributed by atoms with Crippen LogP contribution in [0.15, 0.2) is 0 Å². The molecule has 5 N–H and O–H groups in total. The van der Waals surface area contributed by atoms with Crippen molar-refractivity contribution < 1.29 is 25.5 Å². The van der Waals surface area contributed by atoms with E-state index in [1.165, 1.54) is 0 Å². The van der Waals surface area contributed by atoms with Gasteiger partial charge >= 0.3 is 0 Å². The molecule has 2 aliphatic rings. The van der Waals surface area contributed by atoms with Crippen LogP contribution in [0.25, 0.3) is 0 Å². The molecule has 0 saturated carbocycles. The Morgan fingerprint density at radius 1 is 1.22 bits per heavy atom. The number of hydrogen-bond acceptors (Lipinski definition) is 6. The van der Waals surface area contributed by atoms with Gasteiger partial charge in [0.1, 0.15) is 0 Å². The van der Waals surface area contributed by atoms with E-state index in [9.17, 15) is 20.4 Å². The van der Waals surface area contributed by atoms with Crippen molar-refractivity contribution in [2.75, 3.05) is 6.61 Å². The van der Waals surface area contributed by atoms with Gasteiger partial charge < -0.3 is 25.5 Å². The van der Waals surface area contributed by atoms with Crippen LogP contribution in [-0.2, 0) is 0 Å². The van der Waals surface area contributed by atoms with Crippen molar-refractivity contribution in [3.63, 3.8) is 0 Å². The molecule has 18 heavy (non-hydrogen) atoms. The van der Waals surface area contributed by atoms with Crippen LogP contribution in [0.5, 0.6) is 0 Å². The van der Waals surface area contributed by atoms with Crippen LogP contribution in [0.2, 0.25) is 0 Å². The van der Waals surface area contributed by atoms with Gasteiger partial charge in [0.2, 0.25) is 0 Å². The lowest BCUT2D eigenvalue weighted by Gasteiger charge is -2.49. The lowest BCUT2D eigenvalue weighted by atomic mass is 9.84. The standard InChI is InChI=1S/C12H23NO5/c1-12(2)4-6(15)3-7-10(17)11(18)9(13(7)12)8(16)5-14/h6-11,14-18H,3-5H2,1-2H3/t6-,7-,8-,9+,10-,11+/m1/s1. The van der Waals surface area contributed by atoms with E-state index < -0.39 is 42.6 Å². The monoisotopic (exact) mass is 261 g/mol. The second-order valence-corrected chi connectivity index (χ2v) is 6.10. The number of aliphatic hydroxyl groups is 5. The summed E-state index contributed by atoms with van der Waals surface area (Å²) in [6, 6.07) is -1.08. The first-order valence-electron chi connectivity index (χ1n) is 6.41. The second-order valence-electron chi connectivity index (χ2n) is 6.10. The summed E-state index contributed by atoms with van der Waals surface area (Å²) in [6.07, 6.45) is -2.86. The van der Waals surface area contributed by atoms with Crippen LogP contribution in [0.3, 0.4) is 0 Å². The molecular formula is C12H23NO5. The van der Waals surface area contributed by atoms with E-state index in [0.717, 1.165) is 0 Å². The van der Waals surface area contributed by atoms with Crippen LogP contribution in [0.4, 0.5) is 0 Å². The van der Waals surface area contributed by atoms with E-state index in [-0.39, 0.29) is 6.04 Å². The maximum atomic E-state index is 10.1. The fraction of sp³-hybridized carbons (Fsp3) is 1.00. The molecule has 0 aromatic heterocycles. The predicted octanol–water partition coefficient (Wildman–Crippen LogP) is -1.95. The molecule has 0 spiro atoms. The molecule has 2 rings (SSSR count). The number of rotatable bonds is 2. The first-order valence-corrected chi connectivity index (χ1v) is 6.41. The molecule has 0 aliphatic carbocycles. The summed E-state index contributed by atoms with van der Waals surface area (Å²) >= 11 is 0. The average Bonchev–Trinajstić information content (AvgIpc) is 2.52. The SMILES string of the molecule is CC1(C)C[C@H](O)C[C@@H]2[C@@H](O)[C@@H](O)[C@H]([C@H](O)CO)N21. The highest BCUT2D eigenvalue weighted by atomic mass is 16.3. The summed E-state index contributed by atoms with van der Waals surface area (Å²) < 4.78 is 0. The number of hydrogen-bond donors (Lipinski definition) is 5. The molecule has 2 fully saturated rings. The fourth-order valence-corrected chi connectivity index (χ4v) is 3.65. The summed E-state index contributed by atoms with van der Waals surface area (Å²) in [6.45, 7) is 3.35. The summed E-state index contributed by atoms with van der Waals surface area (Å²) in [5.74, 6) is 0. The van der Waals surface area contributed by atoms with E-state index in [1.807, 2.05) is 18.7 Å². The molecule has 0 unspecified atom stereocenters. The molecule has 2 saturated heterocycles. The predicted molar refractivity (Wildman–Crippen MR) is 63.8 cm³/mol. The van der Waals surface area contributed by atoms with Gasteiger partial charge in [-0.2, -0.15) is 0 Å². The highest BCUT2D eigenvalue weighted by Crippen LogP contribution is 2.42. The normalized spacial score (nSPS) is 45.8. The molecule has 2 aliphatic heterocycles. The molecule has 0 aromatic rings. The molecule has 0 aromatic carbocycles. The minimum atomic E-state index is -1.11. The Morgan fingerprint density at radius 3 is 2.39 bits per heavy atom. The maximum Gasteiger partial charge on any atom is 0.0995 e. The summed E-state index contributed by atoms with van der Waals surface area (Å²) in [4.78, 5) is 1.86. The van der Waals surface area contributed by atoms with Crippen molar-refractivity contribution in [1.82, 2.24) is 4.90 Å². The lowest BCUT2D eigenvalue weighted by molar-refractivity contribution is -0.0905. The lowest BCUT2D eigenvalue weighted by Crippen LogP contribution is -2.61. The third-order valence-electron chi connectivity index (χ3n) is 4.30. The Balaban J connectivity index is 2.33. The van der Waals surface area contributed by atoms with Crippen LogP contribution in [0, 0.1) is 0 Å². The quantitative estimate of drug-likeness (QED) is 0.396. The van der Waals surface area contributed by atoms with Crippen LogP contribution in [-0.4, -0.2) is 79.1 Å². The second kappa shape index (κ2) is 4.70. The zero-order valence-corrected chi connectivity index (χ0v) is 10.8. The molecule has 6 atom stereocenters. The van der Waals surface area contributed by atoms with Gasteiger partial charge in [0.05, 0.1) is 37.1 Å². The van der Waals surface area contributed by atoms with Crippen molar-refractivity contribution in [1.29, 1.82) is 0 Å². The largest absolute Gasteiger partial charge is 0.394 e. The maximum absolute atomic E-state index is 10.1. The fourth-order valence-electron chi connectivity index (χ4n) is 3.65. The minimum Gasteiger partial charge on any atom is -0.394 e. The van der Waals surface area contributed by atoms with Crippen molar-refractivity contribution in [3.8, 4) is 0 Å². The first kappa shape index (κ1) is 14.2. The van der Waals surface area contributed by atoms with Gasteiger partial charge in [-0.3, -0.25) is 4.90 Å². The first-order chi connectivity index (χ1) is 8.29. The molecule has 6 heteroatoms. The van der Waals surface area contributed by atoms with Crippen molar-refractivity contribution in [2.45, 2.75) is 68.7 Å². The number of aliphatic hydroxyl groups excluding tert-OH is 5. The Hall–Kier alpha value is -0.240. The van der Waals surface area contributed by atoms with Crippen LogP contribution >= 0.6 is 0 Å². The van der Waals surface area contributed by atoms with Gasteiger partial charge in [-0.05, 0) is 26.7 Å². The van der Waals surface area contributed by atoms with Gasteiger partial charge in [-0.25, -0.2) is 0 Å². The third kappa shape index (κ3) is 2.07. The van der Waals surface area contributed by atoms with Crippen molar-refractivity contribution in [3.05, 3.63) is 0 Å². The van der Waals surface area contributed by atoms with Gasteiger partial charge in [0.25, 0.3) is 0 Å². The molecule has 106 valence electrons. The van der Waals surface area contributed by atoms with Crippen molar-refractivity contribution in [2.24, 2.45) is 0 Å². The van der Waals surface area contributed by atoms with Crippen LogP contribution in [0.1, 0.15) is 26.7 Å². The molecule has 0 amide bonds. The Labute approximate surface area is 106 Å². The zero-order chi connectivity index (χ0) is 13.7. The van der Waals surface area contributed by atoms with Gasteiger partial charge in [0.15, 0.2) is 0 Å². The van der Waals surface area contributed by atoms with Crippen molar-refractivity contribution >= 4 is 0 Å². The van der Waals surface area contributed by atoms with Crippen LogP contribution < -0.4 is 0 Å². The van der Waals surface area contributed by atoms with Gasteiger partial charge in [-0.15, -0.1) is 0 Å². The van der Waals surface area contributed by atoms with E-state index in [4.69, 9.17) is 5.11 Å². The summed E-state index contributed by atoms with van der Waals surface area (Å²) in [5.41, 5.74) is -0.443. The highest BCUT2D eigenvalue weighted by Gasteiger charge is 2.57. The average molecular weight is 261 g/mol. The minimum absolute atomic E-state index is 0.371. The smallest absolute Gasteiger partial charge is 0.0995 e. The van der Waals surface area contributed by atoms with E-state index in [1.54, 1.807) is 0 Å². The molecule has 0 bridgehead atoms. The summed E-state index contributed by atoms with van der Waals surface area (Å²) in [7, 11) is 0. The Bertz CT molecular complexity index is 311. The van der Waals surface area contributed by atoms with E-state index in [2.05, 4.69) is 0 Å². The Morgan fingerprint density at radius 2 is 1.83 bits per heavy atom. The topological polar surface area (TPSA) is 104 Å². The highest BCUT2D eigenvalue weighted by molar-refractivity contribution is 5.11. The number of piperidine rings is 1. The number of fused-ring (bicyclic) bond motifs is 1. The zero-order valence-electron chi connectivity index (χ0n) is 10.8. The summed E-state index contributed by atoms with van der Waals surface area (Å²) in [5, 5.41) is 48.9. The number of nitrogens with zero attached hydrogens (tertiary/aromatic N) is 1.